The second-order valence-electron chi connectivity index (χ2n) is 6.52. The van der Waals surface area contributed by atoms with Gasteiger partial charge in [0.05, 0.1) is 18.8 Å². The van der Waals surface area contributed by atoms with E-state index < -0.39 is 0 Å². The van der Waals surface area contributed by atoms with Gasteiger partial charge in [0.2, 0.25) is 5.89 Å². The normalized spacial score (nSPS) is 17.7. The van der Waals surface area contributed by atoms with Crippen molar-refractivity contribution in [2.24, 2.45) is 10.9 Å². The third-order valence-electron chi connectivity index (χ3n) is 4.41. The number of rotatable bonds is 5. The highest BCUT2D eigenvalue weighted by Crippen LogP contribution is 2.19. The van der Waals surface area contributed by atoms with Crippen LogP contribution in [0.4, 0.5) is 0 Å². The smallest absolute Gasteiger partial charge is 0.226 e. The molecule has 6 heteroatoms. The van der Waals surface area contributed by atoms with Gasteiger partial charge < -0.3 is 19.4 Å². The summed E-state index contributed by atoms with van der Waals surface area (Å²) < 4.78 is 11.0. The standard InChI is InChI=1S/C19H26N4O2/c1-14-4-6-16(7-5-14)18-22-17(13-25-18)10-21-19(20-2)23(3)11-15-8-9-24-12-15/h4-7,13,15H,8-12H2,1-3H3,(H,20,21). The fourth-order valence-corrected chi connectivity index (χ4v) is 2.97. The molecule has 1 aliphatic heterocycles. The van der Waals surface area contributed by atoms with E-state index in [9.17, 15) is 0 Å². The molecule has 1 fully saturated rings. The van der Waals surface area contributed by atoms with Crippen LogP contribution in [0.25, 0.3) is 11.5 Å². The van der Waals surface area contributed by atoms with E-state index in [1.54, 1.807) is 13.3 Å². The van der Waals surface area contributed by atoms with Crippen LogP contribution in [-0.4, -0.2) is 49.7 Å². The van der Waals surface area contributed by atoms with E-state index in [4.69, 9.17) is 9.15 Å². The lowest BCUT2D eigenvalue weighted by Crippen LogP contribution is -2.41. The summed E-state index contributed by atoms with van der Waals surface area (Å²) in [5, 5.41) is 3.35. The Morgan fingerprint density at radius 2 is 2.16 bits per heavy atom. The summed E-state index contributed by atoms with van der Waals surface area (Å²) in [4.78, 5) is 11.0. The van der Waals surface area contributed by atoms with Crippen molar-refractivity contribution in [3.05, 3.63) is 41.8 Å². The second kappa shape index (κ2) is 8.16. The molecule has 0 aliphatic carbocycles. The molecule has 0 spiro atoms. The van der Waals surface area contributed by atoms with E-state index in [0.717, 1.165) is 43.4 Å². The third kappa shape index (κ3) is 4.60. The molecule has 6 nitrogen and oxygen atoms in total. The summed E-state index contributed by atoms with van der Waals surface area (Å²) in [6.45, 7) is 5.28. The number of hydrogen-bond acceptors (Lipinski definition) is 4. The maximum absolute atomic E-state index is 5.60. The first-order valence-corrected chi connectivity index (χ1v) is 8.66. The van der Waals surface area contributed by atoms with Crippen LogP contribution in [0.3, 0.4) is 0 Å². The number of guanidine groups is 1. The van der Waals surface area contributed by atoms with Gasteiger partial charge in [-0.2, -0.15) is 0 Å². The number of benzene rings is 1. The van der Waals surface area contributed by atoms with Crippen molar-refractivity contribution < 1.29 is 9.15 Å². The van der Waals surface area contributed by atoms with E-state index in [2.05, 4.69) is 39.2 Å². The first-order valence-electron chi connectivity index (χ1n) is 8.66. The summed E-state index contributed by atoms with van der Waals surface area (Å²) in [5.41, 5.74) is 3.06. The predicted octanol–water partition coefficient (Wildman–Crippen LogP) is 2.69. The van der Waals surface area contributed by atoms with Gasteiger partial charge in [-0.05, 0) is 25.5 Å². The fraction of sp³-hybridized carbons (Fsp3) is 0.474. The molecule has 2 aromatic rings. The van der Waals surface area contributed by atoms with Gasteiger partial charge in [-0.15, -0.1) is 0 Å². The molecule has 0 radical (unpaired) electrons. The second-order valence-corrected chi connectivity index (χ2v) is 6.52. The Kier molecular flexibility index (Phi) is 5.71. The van der Waals surface area contributed by atoms with Crippen LogP contribution in [0.5, 0.6) is 0 Å². The number of aryl methyl sites for hydroxylation is 1. The summed E-state index contributed by atoms with van der Waals surface area (Å²) in [5.74, 6) is 2.07. The van der Waals surface area contributed by atoms with Crippen LogP contribution in [0.15, 0.2) is 39.9 Å². The highest BCUT2D eigenvalue weighted by molar-refractivity contribution is 5.79. The average Bonchev–Trinajstić information content (AvgIpc) is 3.28. The highest BCUT2D eigenvalue weighted by Gasteiger charge is 2.19. The molecule has 134 valence electrons. The SMILES string of the molecule is CN=C(NCc1coc(-c2ccc(C)cc2)n1)N(C)CC1CCOC1. The van der Waals surface area contributed by atoms with Gasteiger partial charge in [0.15, 0.2) is 5.96 Å². The van der Waals surface area contributed by atoms with Crippen LogP contribution in [0.1, 0.15) is 17.7 Å². The van der Waals surface area contributed by atoms with E-state index in [-0.39, 0.29) is 0 Å². The molecule has 1 atom stereocenters. The minimum atomic E-state index is 0.573. The number of aliphatic imine (C=N–C) groups is 1. The number of ether oxygens (including phenoxy) is 1. The van der Waals surface area contributed by atoms with Crippen LogP contribution in [-0.2, 0) is 11.3 Å². The summed E-state index contributed by atoms with van der Waals surface area (Å²) in [6.07, 6.45) is 2.81. The lowest BCUT2D eigenvalue weighted by atomic mass is 10.1. The summed E-state index contributed by atoms with van der Waals surface area (Å²) in [7, 11) is 3.85. The molecule has 1 saturated heterocycles. The molecule has 1 aromatic heterocycles. The molecule has 0 saturated carbocycles. The number of oxazole rings is 1. The highest BCUT2D eigenvalue weighted by atomic mass is 16.5. The Bertz CT molecular complexity index is 702. The zero-order chi connectivity index (χ0) is 17.6. The van der Waals surface area contributed by atoms with Crippen molar-refractivity contribution >= 4 is 5.96 Å². The summed E-state index contributed by atoms with van der Waals surface area (Å²) in [6, 6.07) is 8.16. The van der Waals surface area contributed by atoms with Crippen molar-refractivity contribution in [1.29, 1.82) is 0 Å². The average molecular weight is 342 g/mol. The molecular formula is C19H26N4O2. The molecule has 3 rings (SSSR count). The lowest BCUT2D eigenvalue weighted by Gasteiger charge is -2.24. The minimum absolute atomic E-state index is 0.573. The molecule has 2 heterocycles. The van der Waals surface area contributed by atoms with Gasteiger partial charge in [-0.3, -0.25) is 4.99 Å². The van der Waals surface area contributed by atoms with Gasteiger partial charge in [0, 0.05) is 38.7 Å². The van der Waals surface area contributed by atoms with E-state index in [1.807, 2.05) is 19.2 Å². The Morgan fingerprint density at radius 1 is 1.36 bits per heavy atom. The Morgan fingerprint density at radius 3 is 2.84 bits per heavy atom. The maximum atomic E-state index is 5.60. The first kappa shape index (κ1) is 17.5. The number of aromatic nitrogens is 1. The largest absolute Gasteiger partial charge is 0.444 e. The van der Waals surface area contributed by atoms with Crippen LogP contribution in [0.2, 0.25) is 0 Å². The zero-order valence-corrected chi connectivity index (χ0v) is 15.2. The Labute approximate surface area is 148 Å². The van der Waals surface area contributed by atoms with Gasteiger partial charge >= 0.3 is 0 Å². The van der Waals surface area contributed by atoms with Gasteiger partial charge in [0.25, 0.3) is 0 Å². The molecule has 25 heavy (non-hydrogen) atoms. The molecule has 1 aromatic carbocycles. The van der Waals surface area contributed by atoms with Gasteiger partial charge in [0.1, 0.15) is 6.26 Å². The van der Waals surface area contributed by atoms with Gasteiger partial charge in [-0.1, -0.05) is 17.7 Å². The molecule has 1 N–H and O–H groups in total. The van der Waals surface area contributed by atoms with Gasteiger partial charge in [-0.25, -0.2) is 4.98 Å². The molecule has 0 amide bonds. The van der Waals surface area contributed by atoms with E-state index in [0.29, 0.717) is 18.4 Å². The van der Waals surface area contributed by atoms with E-state index >= 15 is 0 Å². The van der Waals surface area contributed by atoms with Crippen molar-refractivity contribution in [3.63, 3.8) is 0 Å². The van der Waals surface area contributed by atoms with Crippen molar-refractivity contribution in [2.75, 3.05) is 33.9 Å². The predicted molar refractivity (Wildman–Crippen MR) is 98.4 cm³/mol. The maximum Gasteiger partial charge on any atom is 0.226 e. The van der Waals surface area contributed by atoms with Crippen LogP contribution < -0.4 is 5.32 Å². The third-order valence-corrected chi connectivity index (χ3v) is 4.41. The fourth-order valence-electron chi connectivity index (χ4n) is 2.97. The number of nitrogens with zero attached hydrogens (tertiary/aromatic N) is 3. The van der Waals surface area contributed by atoms with Crippen LogP contribution >= 0.6 is 0 Å². The lowest BCUT2D eigenvalue weighted by molar-refractivity contribution is 0.181. The van der Waals surface area contributed by atoms with Crippen molar-refractivity contribution in [2.45, 2.75) is 19.9 Å². The Hall–Kier alpha value is -2.34. The summed E-state index contributed by atoms with van der Waals surface area (Å²) >= 11 is 0. The zero-order valence-electron chi connectivity index (χ0n) is 15.2. The number of nitrogens with one attached hydrogen (secondary N) is 1. The van der Waals surface area contributed by atoms with Crippen molar-refractivity contribution in [3.8, 4) is 11.5 Å². The topological polar surface area (TPSA) is 62.9 Å². The quantitative estimate of drug-likeness (QED) is 0.669. The molecular weight excluding hydrogens is 316 g/mol. The minimum Gasteiger partial charge on any atom is -0.444 e. The van der Waals surface area contributed by atoms with Crippen LogP contribution in [0, 0.1) is 12.8 Å². The van der Waals surface area contributed by atoms with Crippen molar-refractivity contribution in [1.82, 2.24) is 15.2 Å². The molecule has 1 aliphatic rings. The Balaban J connectivity index is 1.56. The monoisotopic (exact) mass is 342 g/mol. The molecule has 1 unspecified atom stereocenters. The van der Waals surface area contributed by atoms with E-state index in [1.165, 1.54) is 5.56 Å². The number of hydrogen-bond donors (Lipinski definition) is 1. The molecule has 0 bridgehead atoms. The first-order chi connectivity index (χ1) is 12.2.